The van der Waals surface area contributed by atoms with Gasteiger partial charge in [0.1, 0.15) is 18.8 Å². The van der Waals surface area contributed by atoms with Gasteiger partial charge in [0.15, 0.2) is 6.10 Å². The SMILES string of the molecule is C[C@H]1C=C[C@@H]([C@@H](COS(C)(=O)=O)OS(C)(=O)=O)O[C@H]1C(=O)OCC(Cl)(Cl)Cl. The maximum atomic E-state index is 12.2. The van der Waals surface area contributed by atoms with Crippen LogP contribution < -0.4 is 0 Å². The predicted molar refractivity (Wildman–Crippen MR) is 98.7 cm³/mol. The summed E-state index contributed by atoms with van der Waals surface area (Å²) in [5, 5.41) is 0. The van der Waals surface area contributed by atoms with E-state index in [2.05, 4.69) is 4.18 Å². The summed E-state index contributed by atoms with van der Waals surface area (Å²) in [6, 6.07) is 0. The van der Waals surface area contributed by atoms with Crippen LogP contribution in [-0.4, -0.2) is 70.6 Å². The van der Waals surface area contributed by atoms with Crippen LogP contribution in [0, 0.1) is 5.92 Å². The van der Waals surface area contributed by atoms with Crippen LogP contribution in [-0.2, 0) is 42.9 Å². The van der Waals surface area contributed by atoms with E-state index in [0.29, 0.717) is 0 Å². The number of rotatable bonds is 8. The van der Waals surface area contributed by atoms with Crippen molar-refractivity contribution in [3.05, 3.63) is 12.2 Å². The van der Waals surface area contributed by atoms with Gasteiger partial charge in [-0.05, 0) is 0 Å². The summed E-state index contributed by atoms with van der Waals surface area (Å²) in [6.45, 7) is 0.483. The first-order valence-electron chi connectivity index (χ1n) is 7.37. The van der Waals surface area contributed by atoms with Crippen molar-refractivity contribution in [1.82, 2.24) is 0 Å². The molecule has 0 aromatic carbocycles. The third-order valence-corrected chi connectivity index (χ3v) is 4.60. The average molecular weight is 490 g/mol. The zero-order chi connectivity index (χ0) is 21.0. The molecule has 0 aromatic rings. The Bertz CT molecular complexity index is 758. The average Bonchev–Trinajstić information content (AvgIpc) is 2.47. The normalized spacial score (nSPS) is 25.2. The van der Waals surface area contributed by atoms with Gasteiger partial charge < -0.3 is 9.47 Å². The number of hydrogen-bond donors (Lipinski definition) is 0. The van der Waals surface area contributed by atoms with Gasteiger partial charge in [0.25, 0.3) is 20.2 Å². The molecule has 14 heteroatoms. The fourth-order valence-corrected chi connectivity index (χ4v) is 3.19. The molecule has 27 heavy (non-hydrogen) atoms. The number of ether oxygens (including phenoxy) is 2. The Labute approximate surface area is 173 Å². The van der Waals surface area contributed by atoms with Gasteiger partial charge >= 0.3 is 5.97 Å². The van der Waals surface area contributed by atoms with E-state index in [1.165, 1.54) is 6.08 Å². The van der Waals surface area contributed by atoms with E-state index in [0.717, 1.165) is 12.5 Å². The van der Waals surface area contributed by atoms with E-state index in [1.54, 1.807) is 13.0 Å². The molecule has 0 aromatic heterocycles. The number of carbonyl (C=O) groups is 1. The maximum absolute atomic E-state index is 12.2. The monoisotopic (exact) mass is 488 g/mol. The molecule has 0 aliphatic carbocycles. The van der Waals surface area contributed by atoms with Crippen LogP contribution >= 0.6 is 34.8 Å². The van der Waals surface area contributed by atoms with Crippen LogP contribution in [0.4, 0.5) is 0 Å². The fourth-order valence-electron chi connectivity index (χ4n) is 2.03. The highest BCUT2D eigenvalue weighted by Gasteiger charge is 2.38. The topological polar surface area (TPSA) is 122 Å². The lowest BCUT2D eigenvalue weighted by Gasteiger charge is -2.32. The molecule has 4 atom stereocenters. The zero-order valence-electron chi connectivity index (χ0n) is 14.5. The maximum Gasteiger partial charge on any atom is 0.336 e. The van der Waals surface area contributed by atoms with E-state index < -0.39 is 67.4 Å². The highest BCUT2D eigenvalue weighted by molar-refractivity contribution is 7.86. The summed E-state index contributed by atoms with van der Waals surface area (Å²) in [7, 11) is -7.85. The minimum atomic E-state index is -3.98. The standard InChI is InChI=1S/C13H19Cl3O9S2/c1-8-4-5-9(24-11(8)12(17)22-7-13(14,15)16)10(25-27(3,20)21)6-23-26(2,18)19/h4-5,8-11H,6-7H2,1-3H3/t8-,9-,10+,11+/m0/s1. The number of esters is 1. The lowest BCUT2D eigenvalue weighted by molar-refractivity contribution is -0.167. The Morgan fingerprint density at radius 1 is 1.15 bits per heavy atom. The van der Waals surface area contributed by atoms with Gasteiger partial charge in [-0.2, -0.15) is 16.8 Å². The van der Waals surface area contributed by atoms with Crippen molar-refractivity contribution in [3.63, 3.8) is 0 Å². The van der Waals surface area contributed by atoms with Crippen LogP contribution in [0.1, 0.15) is 6.92 Å². The van der Waals surface area contributed by atoms with E-state index in [-0.39, 0.29) is 0 Å². The second kappa shape index (κ2) is 9.57. The molecule has 1 heterocycles. The predicted octanol–water partition coefficient (Wildman–Crippen LogP) is 1.18. The molecular weight excluding hydrogens is 471 g/mol. The molecule has 0 amide bonds. The largest absolute Gasteiger partial charge is 0.459 e. The third kappa shape index (κ3) is 10.3. The van der Waals surface area contributed by atoms with Crippen molar-refractivity contribution in [2.45, 2.75) is 29.0 Å². The Morgan fingerprint density at radius 3 is 2.22 bits per heavy atom. The summed E-state index contributed by atoms with van der Waals surface area (Å²) in [4.78, 5) is 12.2. The highest BCUT2D eigenvalue weighted by Crippen LogP contribution is 2.28. The smallest absolute Gasteiger partial charge is 0.336 e. The lowest BCUT2D eigenvalue weighted by atomic mass is 9.98. The number of alkyl halides is 3. The van der Waals surface area contributed by atoms with Gasteiger partial charge in [-0.1, -0.05) is 53.9 Å². The van der Waals surface area contributed by atoms with Gasteiger partial charge in [-0.25, -0.2) is 4.79 Å². The van der Waals surface area contributed by atoms with Crippen molar-refractivity contribution in [3.8, 4) is 0 Å². The molecule has 1 rings (SSSR count). The summed E-state index contributed by atoms with van der Waals surface area (Å²) < 4.78 is 63.4. The minimum Gasteiger partial charge on any atom is -0.459 e. The summed E-state index contributed by atoms with van der Waals surface area (Å²) >= 11 is 16.6. The molecular formula is C13H19Cl3O9S2. The number of carbonyl (C=O) groups excluding carboxylic acids is 1. The van der Waals surface area contributed by atoms with Crippen molar-refractivity contribution < 1.29 is 39.5 Å². The number of halogens is 3. The molecule has 0 spiro atoms. The minimum absolute atomic E-state index is 0.446. The summed E-state index contributed by atoms with van der Waals surface area (Å²) in [6.07, 6.45) is 0.948. The van der Waals surface area contributed by atoms with Crippen LogP contribution in [0.2, 0.25) is 0 Å². The summed E-state index contributed by atoms with van der Waals surface area (Å²) in [5.74, 6) is -1.29. The van der Waals surface area contributed by atoms with Crippen molar-refractivity contribution >= 4 is 61.0 Å². The quantitative estimate of drug-likeness (QED) is 0.214. The second-order valence-electron chi connectivity index (χ2n) is 5.82. The van der Waals surface area contributed by atoms with E-state index >= 15 is 0 Å². The van der Waals surface area contributed by atoms with Crippen LogP contribution in [0.3, 0.4) is 0 Å². The van der Waals surface area contributed by atoms with Crippen LogP contribution in [0.5, 0.6) is 0 Å². The molecule has 0 fully saturated rings. The van der Waals surface area contributed by atoms with Crippen molar-refractivity contribution in [1.29, 1.82) is 0 Å². The molecule has 1 aliphatic rings. The number of hydrogen-bond acceptors (Lipinski definition) is 9. The van der Waals surface area contributed by atoms with Gasteiger partial charge in [-0.15, -0.1) is 0 Å². The second-order valence-corrected chi connectivity index (χ2v) is 11.6. The Balaban J connectivity index is 2.93. The lowest BCUT2D eigenvalue weighted by Crippen LogP contribution is -2.45. The summed E-state index contributed by atoms with van der Waals surface area (Å²) in [5.41, 5.74) is 0. The van der Waals surface area contributed by atoms with Gasteiger partial charge in [-0.3, -0.25) is 8.37 Å². The molecule has 0 unspecified atom stereocenters. The Kier molecular flexibility index (Phi) is 8.83. The first-order chi connectivity index (χ1) is 12.1. The van der Waals surface area contributed by atoms with Crippen LogP contribution in [0.15, 0.2) is 12.2 Å². The molecule has 0 radical (unpaired) electrons. The highest BCUT2D eigenvalue weighted by atomic mass is 35.6. The fraction of sp³-hybridized carbons (Fsp3) is 0.769. The van der Waals surface area contributed by atoms with Gasteiger partial charge in [0.2, 0.25) is 3.79 Å². The Hall–Kier alpha value is -0.140. The van der Waals surface area contributed by atoms with E-state index in [9.17, 15) is 21.6 Å². The molecule has 9 nitrogen and oxygen atoms in total. The zero-order valence-corrected chi connectivity index (χ0v) is 18.4. The Morgan fingerprint density at radius 2 is 1.74 bits per heavy atom. The van der Waals surface area contributed by atoms with Crippen LogP contribution in [0.25, 0.3) is 0 Å². The molecule has 0 bridgehead atoms. The molecule has 0 N–H and O–H groups in total. The first-order valence-corrected chi connectivity index (χ1v) is 12.1. The van der Waals surface area contributed by atoms with Crippen molar-refractivity contribution in [2.75, 3.05) is 25.7 Å². The first kappa shape index (κ1) is 24.9. The molecule has 158 valence electrons. The van der Waals surface area contributed by atoms with E-state index in [4.69, 9.17) is 48.5 Å². The van der Waals surface area contributed by atoms with Gasteiger partial charge in [0.05, 0.1) is 19.1 Å². The molecule has 1 aliphatic heterocycles. The van der Waals surface area contributed by atoms with Crippen molar-refractivity contribution in [2.24, 2.45) is 5.92 Å². The van der Waals surface area contributed by atoms with Gasteiger partial charge in [0, 0.05) is 5.92 Å². The molecule has 0 saturated carbocycles. The van der Waals surface area contributed by atoms with E-state index in [1.807, 2.05) is 0 Å². The molecule has 0 saturated heterocycles. The third-order valence-electron chi connectivity index (χ3n) is 3.11.